The van der Waals surface area contributed by atoms with Gasteiger partial charge >= 0.3 is 5.91 Å². The molecule has 1 amide bonds. The summed E-state index contributed by atoms with van der Waals surface area (Å²) < 4.78 is 6.30. The van der Waals surface area contributed by atoms with Crippen molar-refractivity contribution in [2.75, 3.05) is 12.0 Å². The third-order valence-corrected chi connectivity index (χ3v) is 7.25. The summed E-state index contributed by atoms with van der Waals surface area (Å²) in [5, 5.41) is 12.1. The van der Waals surface area contributed by atoms with E-state index < -0.39 is 17.7 Å². The summed E-state index contributed by atoms with van der Waals surface area (Å²) in [4.78, 5) is 32.9. The van der Waals surface area contributed by atoms with Crippen molar-refractivity contribution in [2.45, 2.75) is 19.9 Å². The zero-order valence-electron chi connectivity index (χ0n) is 19.2. The molecule has 6 nitrogen and oxygen atoms in total. The third kappa shape index (κ3) is 3.96. The maximum Gasteiger partial charge on any atom is 0.301 e. The summed E-state index contributed by atoms with van der Waals surface area (Å²) in [6.45, 7) is 3.97. The fourth-order valence-electron chi connectivity index (χ4n) is 4.38. The fourth-order valence-corrected chi connectivity index (χ4v) is 5.68. The van der Waals surface area contributed by atoms with Crippen LogP contribution in [-0.4, -0.2) is 28.9 Å². The highest BCUT2D eigenvalue weighted by molar-refractivity contribution is 7.22. The molecule has 1 aromatic heterocycles. The predicted octanol–water partition coefficient (Wildman–Crippen LogP) is 6.20. The van der Waals surface area contributed by atoms with Gasteiger partial charge < -0.3 is 9.84 Å². The smallest absolute Gasteiger partial charge is 0.301 e. The Bertz CT molecular complexity index is 1520. The average molecular weight is 505 g/mol. The first-order chi connectivity index (χ1) is 16.8. The topological polar surface area (TPSA) is 79.7 Å². The lowest BCUT2D eigenvalue weighted by atomic mass is 9.95. The molecule has 5 rings (SSSR count). The number of aryl methyl sites for hydroxylation is 2. The van der Waals surface area contributed by atoms with Gasteiger partial charge in [-0.2, -0.15) is 0 Å². The second-order valence-corrected chi connectivity index (χ2v) is 9.82. The number of carbonyl (C=O) groups excluding carboxylic acids is 2. The molecule has 1 atom stereocenters. The Hall–Kier alpha value is -3.68. The van der Waals surface area contributed by atoms with Gasteiger partial charge in [0.2, 0.25) is 0 Å². The monoisotopic (exact) mass is 504 g/mol. The highest BCUT2D eigenvalue weighted by Crippen LogP contribution is 2.45. The average Bonchev–Trinajstić information content (AvgIpc) is 3.38. The Balaban J connectivity index is 1.75. The number of hydrogen-bond donors (Lipinski definition) is 1. The van der Waals surface area contributed by atoms with Gasteiger partial charge in [0, 0.05) is 10.6 Å². The predicted molar refractivity (Wildman–Crippen MR) is 138 cm³/mol. The maximum atomic E-state index is 13.4. The van der Waals surface area contributed by atoms with Crippen LogP contribution in [0.15, 0.2) is 66.2 Å². The minimum atomic E-state index is -0.886. The van der Waals surface area contributed by atoms with E-state index >= 15 is 0 Å². The van der Waals surface area contributed by atoms with Crippen molar-refractivity contribution in [3.8, 4) is 5.75 Å². The number of aliphatic hydroxyl groups is 1. The van der Waals surface area contributed by atoms with Crippen LogP contribution in [0.2, 0.25) is 5.02 Å². The molecule has 1 unspecified atom stereocenters. The van der Waals surface area contributed by atoms with Crippen LogP contribution < -0.4 is 9.64 Å². The molecular weight excluding hydrogens is 484 g/mol. The van der Waals surface area contributed by atoms with E-state index in [0.29, 0.717) is 27.0 Å². The normalized spacial score (nSPS) is 17.4. The highest BCUT2D eigenvalue weighted by atomic mass is 35.5. The number of aromatic nitrogens is 1. The molecule has 0 saturated carbocycles. The summed E-state index contributed by atoms with van der Waals surface area (Å²) in [7, 11) is 1.54. The number of rotatable bonds is 4. The lowest BCUT2D eigenvalue weighted by Gasteiger charge is -2.23. The van der Waals surface area contributed by atoms with Gasteiger partial charge in [0.15, 0.2) is 5.13 Å². The Morgan fingerprint density at radius 1 is 1.09 bits per heavy atom. The Kier molecular flexibility index (Phi) is 5.83. The van der Waals surface area contributed by atoms with Crippen molar-refractivity contribution in [2.24, 2.45) is 0 Å². The van der Waals surface area contributed by atoms with Gasteiger partial charge in [-0.15, -0.1) is 0 Å². The maximum absolute atomic E-state index is 13.4. The number of halogens is 1. The number of nitrogens with zero attached hydrogens (tertiary/aromatic N) is 2. The summed E-state index contributed by atoms with van der Waals surface area (Å²) in [5.41, 5.74) is 3.83. The molecule has 0 spiro atoms. The lowest BCUT2D eigenvalue weighted by molar-refractivity contribution is -0.132. The number of Topliss-reactive ketones (excluding diaryl/α,β-unsaturated/α-hetero) is 1. The first kappa shape index (κ1) is 23.1. The molecule has 1 fully saturated rings. The second kappa shape index (κ2) is 8.83. The fraction of sp³-hybridized carbons (Fsp3) is 0.148. The number of ketones is 1. The van der Waals surface area contributed by atoms with Gasteiger partial charge in [-0.3, -0.25) is 14.5 Å². The van der Waals surface area contributed by atoms with E-state index in [0.717, 1.165) is 21.3 Å². The molecule has 4 aromatic rings. The number of anilines is 1. The molecule has 176 valence electrons. The summed E-state index contributed by atoms with van der Waals surface area (Å²) in [6, 6.07) is 16.7. The van der Waals surface area contributed by atoms with Crippen molar-refractivity contribution >= 4 is 55.7 Å². The number of amides is 1. The Labute approximate surface area is 211 Å². The number of aliphatic hydroxyl groups excluding tert-OH is 1. The zero-order chi connectivity index (χ0) is 24.9. The molecule has 0 aliphatic carbocycles. The van der Waals surface area contributed by atoms with Crippen LogP contribution >= 0.6 is 22.9 Å². The van der Waals surface area contributed by atoms with Crippen LogP contribution in [0.1, 0.15) is 28.3 Å². The molecule has 2 heterocycles. The van der Waals surface area contributed by atoms with Crippen LogP contribution in [0.4, 0.5) is 5.13 Å². The molecule has 8 heteroatoms. The third-order valence-electron chi connectivity index (χ3n) is 6.00. The van der Waals surface area contributed by atoms with Crippen molar-refractivity contribution in [1.29, 1.82) is 0 Å². The first-order valence-corrected chi connectivity index (χ1v) is 12.1. The highest BCUT2D eigenvalue weighted by Gasteiger charge is 2.48. The van der Waals surface area contributed by atoms with Gasteiger partial charge in [-0.05, 0) is 73.0 Å². The lowest BCUT2D eigenvalue weighted by Crippen LogP contribution is -2.29. The van der Waals surface area contributed by atoms with E-state index in [-0.39, 0.29) is 11.3 Å². The van der Waals surface area contributed by atoms with E-state index in [4.69, 9.17) is 21.3 Å². The van der Waals surface area contributed by atoms with E-state index in [2.05, 4.69) is 0 Å². The number of ether oxygens (including phenoxy) is 1. The van der Waals surface area contributed by atoms with E-state index in [1.807, 2.05) is 26.0 Å². The van der Waals surface area contributed by atoms with Crippen molar-refractivity contribution in [1.82, 2.24) is 4.98 Å². The van der Waals surface area contributed by atoms with Crippen molar-refractivity contribution in [3.05, 3.63) is 93.5 Å². The molecular formula is C27H21ClN2O4S. The number of hydrogen-bond acceptors (Lipinski definition) is 6. The van der Waals surface area contributed by atoms with E-state index in [1.54, 1.807) is 55.6 Å². The van der Waals surface area contributed by atoms with Crippen LogP contribution in [0.5, 0.6) is 5.75 Å². The van der Waals surface area contributed by atoms with Crippen LogP contribution in [-0.2, 0) is 9.59 Å². The van der Waals surface area contributed by atoms with Gasteiger partial charge in [0.05, 0.1) is 28.9 Å². The number of carbonyl (C=O) groups is 2. The summed E-state index contributed by atoms with van der Waals surface area (Å²) in [6.07, 6.45) is 0. The molecule has 0 radical (unpaired) electrons. The largest absolute Gasteiger partial charge is 0.507 e. The van der Waals surface area contributed by atoms with Crippen molar-refractivity contribution in [3.63, 3.8) is 0 Å². The minimum absolute atomic E-state index is 0.0160. The summed E-state index contributed by atoms with van der Waals surface area (Å²) in [5.74, 6) is -1.24. The Morgan fingerprint density at radius 3 is 2.54 bits per heavy atom. The quantitative estimate of drug-likeness (QED) is 0.203. The van der Waals surface area contributed by atoms with Crippen LogP contribution in [0.3, 0.4) is 0 Å². The molecule has 1 aliphatic heterocycles. The molecule has 1 N–H and O–H groups in total. The number of benzene rings is 3. The zero-order valence-corrected chi connectivity index (χ0v) is 20.8. The molecule has 0 bridgehead atoms. The number of fused-ring (bicyclic) bond motifs is 1. The minimum Gasteiger partial charge on any atom is -0.507 e. The van der Waals surface area contributed by atoms with Gasteiger partial charge in [0.1, 0.15) is 11.5 Å². The first-order valence-electron chi connectivity index (χ1n) is 10.9. The van der Waals surface area contributed by atoms with Crippen LogP contribution in [0.25, 0.3) is 16.0 Å². The SMILES string of the molecule is COc1cccc(C2C(=C(O)c3ccc(Cl)cc3)C(=O)C(=O)N2c2nc3c(C)cc(C)cc3s2)c1. The molecule has 1 aliphatic rings. The summed E-state index contributed by atoms with van der Waals surface area (Å²) >= 11 is 7.34. The molecule has 1 saturated heterocycles. The molecule has 3 aromatic carbocycles. The van der Waals surface area contributed by atoms with Crippen molar-refractivity contribution < 1.29 is 19.4 Å². The van der Waals surface area contributed by atoms with Gasteiger partial charge in [0.25, 0.3) is 5.78 Å². The number of thiazole rings is 1. The number of methoxy groups -OCH3 is 1. The van der Waals surface area contributed by atoms with Gasteiger partial charge in [-0.1, -0.05) is 41.1 Å². The van der Waals surface area contributed by atoms with Gasteiger partial charge in [-0.25, -0.2) is 4.98 Å². The van der Waals surface area contributed by atoms with Crippen LogP contribution in [0, 0.1) is 13.8 Å². The second-order valence-electron chi connectivity index (χ2n) is 8.38. The standard InChI is InChI=1S/C27H21ClN2O4S/c1-14-11-15(2)22-20(12-14)35-27(29-22)30-23(17-5-4-6-19(13-17)34-3)21(25(32)26(30)33)24(31)16-7-9-18(28)10-8-16/h4-13,23,31H,1-3H3. The van der Waals surface area contributed by atoms with E-state index in [9.17, 15) is 14.7 Å². The van der Waals surface area contributed by atoms with E-state index in [1.165, 1.54) is 16.2 Å². The Morgan fingerprint density at radius 2 is 1.83 bits per heavy atom. The molecule has 35 heavy (non-hydrogen) atoms.